The number of aryl methyl sites for hydroxylation is 1. The lowest BCUT2D eigenvalue weighted by molar-refractivity contribution is 0.236. The molecule has 1 heterocycles. The van der Waals surface area contributed by atoms with Gasteiger partial charge in [-0.05, 0) is 42.8 Å². The summed E-state index contributed by atoms with van der Waals surface area (Å²) in [5.74, 6) is 0.866. The van der Waals surface area contributed by atoms with Crippen molar-refractivity contribution in [3.63, 3.8) is 0 Å². The smallest absolute Gasteiger partial charge is 0.295 e. The van der Waals surface area contributed by atoms with Crippen LogP contribution >= 0.6 is 0 Å². The van der Waals surface area contributed by atoms with Crippen molar-refractivity contribution in [2.75, 3.05) is 11.8 Å². The van der Waals surface area contributed by atoms with Gasteiger partial charge in [0.15, 0.2) is 0 Å². The first-order chi connectivity index (χ1) is 9.46. The maximum atomic E-state index is 12.1. The van der Waals surface area contributed by atoms with Crippen molar-refractivity contribution in [2.24, 2.45) is 0 Å². The van der Waals surface area contributed by atoms with Gasteiger partial charge in [0, 0.05) is 5.69 Å². The molecule has 0 radical (unpaired) electrons. The Morgan fingerprint density at radius 1 is 1.30 bits per heavy atom. The topological polar surface area (TPSA) is 88.8 Å². The molecule has 2 rings (SSSR count). The molecule has 0 aliphatic heterocycles. The van der Waals surface area contributed by atoms with Crippen LogP contribution in [-0.4, -0.2) is 20.6 Å². The predicted molar refractivity (Wildman–Crippen MR) is 73.2 cm³/mol. The lowest BCUT2D eigenvalue weighted by Gasteiger charge is -2.09. The number of anilines is 1. The van der Waals surface area contributed by atoms with Crippen molar-refractivity contribution in [1.29, 1.82) is 0 Å². The summed E-state index contributed by atoms with van der Waals surface area (Å²) in [5.41, 5.74) is 1.22. The molecular formula is C13H15NO5S. The molecule has 0 spiro atoms. The van der Waals surface area contributed by atoms with Gasteiger partial charge in [0.1, 0.15) is 18.1 Å². The van der Waals surface area contributed by atoms with E-state index in [1.807, 2.05) is 6.92 Å². The van der Waals surface area contributed by atoms with E-state index in [9.17, 15) is 8.42 Å². The Hall–Kier alpha value is -1.99. The van der Waals surface area contributed by atoms with Crippen LogP contribution in [0.1, 0.15) is 11.3 Å². The lowest BCUT2D eigenvalue weighted by Crippen LogP contribution is -2.12. The Morgan fingerprint density at radius 2 is 2.05 bits per heavy atom. The largest absolute Gasteiger partial charge is 0.496 e. The highest BCUT2D eigenvalue weighted by atomic mass is 32.2. The van der Waals surface area contributed by atoms with Crippen molar-refractivity contribution >= 4 is 15.7 Å². The summed E-state index contributed by atoms with van der Waals surface area (Å²) in [6, 6.07) is 7.64. The molecule has 0 bridgehead atoms. The molecule has 1 aromatic heterocycles. The van der Waals surface area contributed by atoms with Crippen LogP contribution in [0.2, 0.25) is 0 Å². The van der Waals surface area contributed by atoms with E-state index >= 15 is 0 Å². The Labute approximate surface area is 117 Å². The van der Waals surface area contributed by atoms with E-state index in [-0.39, 0.29) is 17.5 Å². The van der Waals surface area contributed by atoms with Crippen molar-refractivity contribution in [3.05, 3.63) is 41.7 Å². The van der Waals surface area contributed by atoms with E-state index in [0.717, 1.165) is 5.56 Å². The maximum Gasteiger partial charge on any atom is 0.295 e. The Balaban J connectivity index is 2.26. The predicted octanol–water partition coefficient (Wildman–Crippen LogP) is 1.89. The summed E-state index contributed by atoms with van der Waals surface area (Å²) >= 11 is 0. The molecule has 1 aromatic carbocycles. The molecule has 7 heteroatoms. The van der Waals surface area contributed by atoms with Gasteiger partial charge in [0.25, 0.3) is 10.0 Å². The van der Waals surface area contributed by atoms with Crippen LogP contribution in [0.25, 0.3) is 0 Å². The highest BCUT2D eigenvalue weighted by Crippen LogP contribution is 2.24. The molecule has 0 aliphatic carbocycles. The van der Waals surface area contributed by atoms with E-state index in [4.69, 9.17) is 14.3 Å². The second-order valence-corrected chi connectivity index (χ2v) is 5.78. The number of aliphatic hydroxyl groups is 1. The maximum absolute atomic E-state index is 12.1. The zero-order chi connectivity index (χ0) is 14.8. The molecule has 2 aromatic rings. The number of methoxy groups -OCH3 is 1. The van der Waals surface area contributed by atoms with Crippen molar-refractivity contribution in [1.82, 2.24) is 0 Å². The normalized spacial score (nSPS) is 11.3. The van der Waals surface area contributed by atoms with Crippen LogP contribution < -0.4 is 9.46 Å². The third-order valence-corrected chi connectivity index (χ3v) is 3.96. The number of hydrogen-bond donors (Lipinski definition) is 2. The van der Waals surface area contributed by atoms with Crippen LogP contribution in [0.4, 0.5) is 5.69 Å². The van der Waals surface area contributed by atoms with Crippen LogP contribution in [0, 0.1) is 6.92 Å². The van der Waals surface area contributed by atoms with Crippen LogP contribution in [-0.2, 0) is 16.6 Å². The number of nitrogens with one attached hydrogen (secondary N) is 1. The summed E-state index contributed by atoms with van der Waals surface area (Å²) in [6.45, 7) is 1.46. The number of ether oxygens (including phenoxy) is 1. The fourth-order valence-electron chi connectivity index (χ4n) is 1.74. The van der Waals surface area contributed by atoms with Gasteiger partial charge in [-0.1, -0.05) is 0 Å². The molecule has 0 aliphatic rings. The molecule has 0 unspecified atom stereocenters. The molecule has 108 valence electrons. The molecule has 0 fully saturated rings. The van der Waals surface area contributed by atoms with Gasteiger partial charge in [-0.25, -0.2) is 0 Å². The van der Waals surface area contributed by atoms with Crippen LogP contribution in [0.15, 0.2) is 39.8 Å². The number of benzene rings is 1. The van der Waals surface area contributed by atoms with E-state index in [2.05, 4.69) is 4.72 Å². The minimum Gasteiger partial charge on any atom is -0.496 e. The third kappa shape index (κ3) is 2.94. The quantitative estimate of drug-likeness (QED) is 0.879. The first-order valence-corrected chi connectivity index (χ1v) is 7.31. The van der Waals surface area contributed by atoms with Crippen LogP contribution in [0.3, 0.4) is 0 Å². The first kappa shape index (κ1) is 14.4. The zero-order valence-corrected chi connectivity index (χ0v) is 11.9. The van der Waals surface area contributed by atoms with Gasteiger partial charge >= 0.3 is 0 Å². The Bertz CT molecular complexity index is 705. The average molecular weight is 297 g/mol. The number of furan rings is 1. The fraction of sp³-hybridized carbons (Fsp3) is 0.231. The average Bonchev–Trinajstić information content (AvgIpc) is 2.88. The Morgan fingerprint density at radius 3 is 2.60 bits per heavy atom. The van der Waals surface area contributed by atoms with E-state index in [0.29, 0.717) is 11.4 Å². The molecule has 6 nitrogen and oxygen atoms in total. The van der Waals surface area contributed by atoms with Crippen molar-refractivity contribution in [2.45, 2.75) is 18.6 Å². The molecule has 2 N–H and O–H groups in total. The molecule has 20 heavy (non-hydrogen) atoms. The highest BCUT2D eigenvalue weighted by Gasteiger charge is 2.19. The van der Waals surface area contributed by atoms with E-state index < -0.39 is 10.0 Å². The highest BCUT2D eigenvalue weighted by molar-refractivity contribution is 7.92. The first-order valence-electron chi connectivity index (χ1n) is 5.83. The van der Waals surface area contributed by atoms with Crippen molar-refractivity contribution in [3.8, 4) is 5.75 Å². The van der Waals surface area contributed by atoms with Gasteiger partial charge < -0.3 is 14.3 Å². The number of hydrogen-bond acceptors (Lipinski definition) is 5. The van der Waals surface area contributed by atoms with Gasteiger partial charge in [-0.15, -0.1) is 0 Å². The van der Waals surface area contributed by atoms with Gasteiger partial charge in [0.2, 0.25) is 5.09 Å². The molecule has 0 atom stereocenters. The molecular weight excluding hydrogens is 282 g/mol. The third-order valence-electron chi connectivity index (χ3n) is 2.70. The lowest BCUT2D eigenvalue weighted by atomic mass is 10.2. The minimum atomic E-state index is -3.81. The Kier molecular flexibility index (Phi) is 4.01. The van der Waals surface area contributed by atoms with Gasteiger partial charge in [-0.3, -0.25) is 4.72 Å². The molecule has 0 saturated carbocycles. The second kappa shape index (κ2) is 5.56. The summed E-state index contributed by atoms with van der Waals surface area (Å²) in [7, 11) is -2.26. The van der Waals surface area contributed by atoms with Crippen LogP contribution in [0.5, 0.6) is 5.75 Å². The van der Waals surface area contributed by atoms with Gasteiger partial charge in [0.05, 0.1) is 7.11 Å². The molecule has 0 amide bonds. The standard InChI is InChI=1S/C13H15NO5S/c1-9-7-10(3-5-12(9)18-2)14-20(16,17)13-6-4-11(8-15)19-13/h3-7,14-15H,8H2,1-2H3. The number of sulfonamides is 1. The summed E-state index contributed by atoms with van der Waals surface area (Å²) < 4.78 is 36.7. The van der Waals surface area contributed by atoms with Gasteiger partial charge in [-0.2, -0.15) is 8.42 Å². The summed E-state index contributed by atoms with van der Waals surface area (Å²) in [5, 5.41) is 8.64. The second-order valence-electron chi connectivity index (χ2n) is 4.17. The number of rotatable bonds is 5. The zero-order valence-electron chi connectivity index (χ0n) is 11.1. The molecule has 0 saturated heterocycles. The van der Waals surface area contributed by atoms with E-state index in [1.165, 1.54) is 12.1 Å². The number of aliphatic hydroxyl groups excluding tert-OH is 1. The fourth-order valence-corrected chi connectivity index (χ4v) is 2.74. The summed E-state index contributed by atoms with van der Waals surface area (Å²) in [4.78, 5) is 0. The SMILES string of the molecule is COc1ccc(NS(=O)(=O)c2ccc(CO)o2)cc1C. The summed E-state index contributed by atoms with van der Waals surface area (Å²) in [6.07, 6.45) is 0. The monoisotopic (exact) mass is 297 g/mol. The minimum absolute atomic E-state index is 0.191. The van der Waals surface area contributed by atoms with E-state index in [1.54, 1.807) is 25.3 Å². The van der Waals surface area contributed by atoms with Crippen molar-refractivity contribution < 1.29 is 22.7 Å².